The largest absolute Gasteiger partial charge is 0.478 e. The molecule has 0 aliphatic carbocycles. The van der Waals surface area contributed by atoms with Crippen LogP contribution in [0.1, 0.15) is 21.5 Å². The molecule has 3 nitrogen and oxygen atoms in total. The van der Waals surface area contributed by atoms with Crippen LogP contribution in [0.15, 0.2) is 48.5 Å². The molecule has 0 unspecified atom stereocenters. The molecule has 0 aliphatic rings. The van der Waals surface area contributed by atoms with E-state index < -0.39 is 5.97 Å². The maximum Gasteiger partial charge on any atom is 0.335 e. The number of carbonyl (C=O) groups is 1. The van der Waals surface area contributed by atoms with Gasteiger partial charge in [0.2, 0.25) is 0 Å². The molecule has 0 fully saturated rings. The molecule has 2 aromatic rings. The summed E-state index contributed by atoms with van der Waals surface area (Å²) >= 11 is 5.87. The third-order valence-corrected chi connectivity index (χ3v) is 3.63. The molecule has 0 aliphatic heterocycles. The van der Waals surface area contributed by atoms with Crippen molar-refractivity contribution >= 4 is 17.6 Å². The number of hydrogen-bond acceptors (Lipinski definition) is 2. The van der Waals surface area contributed by atoms with Gasteiger partial charge in [-0.05, 0) is 42.8 Å². The molecular weight excluding hydrogens is 286 g/mol. The second-order valence-electron chi connectivity index (χ2n) is 5.08. The molecule has 21 heavy (non-hydrogen) atoms. The van der Waals surface area contributed by atoms with E-state index in [2.05, 4.69) is 4.90 Å². The van der Waals surface area contributed by atoms with Crippen molar-refractivity contribution < 1.29 is 9.90 Å². The summed E-state index contributed by atoms with van der Waals surface area (Å²) in [5, 5.41) is 9.90. The lowest BCUT2D eigenvalue weighted by Gasteiger charge is -2.17. The molecular formula is C17H18ClNO2. The summed E-state index contributed by atoms with van der Waals surface area (Å²) < 4.78 is 0. The van der Waals surface area contributed by atoms with Crippen molar-refractivity contribution in [1.82, 2.24) is 4.90 Å². The molecule has 4 heteroatoms. The fourth-order valence-corrected chi connectivity index (χ4v) is 2.36. The van der Waals surface area contributed by atoms with E-state index in [1.165, 1.54) is 5.56 Å². The molecule has 0 amide bonds. The van der Waals surface area contributed by atoms with E-state index in [0.717, 1.165) is 23.7 Å². The van der Waals surface area contributed by atoms with E-state index in [0.29, 0.717) is 12.0 Å². The number of likely N-dealkylation sites (N-methyl/N-ethyl adjacent to an activating group) is 1. The monoisotopic (exact) mass is 303 g/mol. The first-order valence-corrected chi connectivity index (χ1v) is 7.18. The summed E-state index contributed by atoms with van der Waals surface area (Å²) in [6, 6.07) is 14.9. The van der Waals surface area contributed by atoms with Gasteiger partial charge in [-0.2, -0.15) is 0 Å². The number of nitrogens with zero attached hydrogens (tertiary/aromatic N) is 1. The first kappa shape index (κ1) is 15.5. The Balaban J connectivity index is 1.93. The molecule has 0 radical (unpaired) electrons. The second-order valence-corrected chi connectivity index (χ2v) is 5.51. The Morgan fingerprint density at radius 1 is 1.14 bits per heavy atom. The molecule has 0 saturated heterocycles. The van der Waals surface area contributed by atoms with Crippen LogP contribution in [-0.2, 0) is 13.0 Å². The molecule has 0 saturated carbocycles. The Bertz CT molecular complexity index is 610. The van der Waals surface area contributed by atoms with Gasteiger partial charge in [0, 0.05) is 18.1 Å². The van der Waals surface area contributed by atoms with Crippen LogP contribution in [0, 0.1) is 0 Å². The molecule has 110 valence electrons. The van der Waals surface area contributed by atoms with E-state index in [9.17, 15) is 4.79 Å². The normalized spacial score (nSPS) is 10.8. The zero-order valence-electron chi connectivity index (χ0n) is 11.9. The van der Waals surface area contributed by atoms with Crippen molar-refractivity contribution in [1.29, 1.82) is 0 Å². The maximum absolute atomic E-state index is 11.2. The molecule has 2 rings (SSSR count). The van der Waals surface area contributed by atoms with Gasteiger partial charge in [0.1, 0.15) is 0 Å². The lowest BCUT2D eigenvalue weighted by molar-refractivity contribution is 0.0695. The lowest BCUT2D eigenvalue weighted by atomic mass is 10.0. The van der Waals surface area contributed by atoms with Gasteiger partial charge in [-0.25, -0.2) is 4.79 Å². The second kappa shape index (κ2) is 7.25. The third kappa shape index (κ3) is 4.59. The summed E-state index contributed by atoms with van der Waals surface area (Å²) in [4.78, 5) is 13.3. The Morgan fingerprint density at radius 3 is 2.48 bits per heavy atom. The highest BCUT2D eigenvalue weighted by Crippen LogP contribution is 2.13. The van der Waals surface area contributed by atoms with E-state index in [-0.39, 0.29) is 0 Å². The van der Waals surface area contributed by atoms with Crippen LogP contribution in [0.3, 0.4) is 0 Å². The number of aromatic carboxylic acids is 1. The van der Waals surface area contributed by atoms with Crippen molar-refractivity contribution in [2.75, 3.05) is 13.6 Å². The topological polar surface area (TPSA) is 40.5 Å². The van der Waals surface area contributed by atoms with Gasteiger partial charge in [-0.1, -0.05) is 41.9 Å². The standard InChI is InChI=1S/C17H18ClNO2/c1-19(12-13-6-8-15(18)9-7-13)11-10-14-4-2-3-5-16(14)17(20)21/h2-9H,10-12H2,1H3,(H,20,21). The SMILES string of the molecule is CN(CCc1ccccc1C(=O)O)Cc1ccc(Cl)cc1. The first-order valence-electron chi connectivity index (χ1n) is 6.80. The zero-order valence-corrected chi connectivity index (χ0v) is 12.7. The number of carboxylic acid groups (broad SMARTS) is 1. The van der Waals surface area contributed by atoms with Crippen LogP contribution < -0.4 is 0 Å². The number of hydrogen-bond donors (Lipinski definition) is 1. The molecule has 1 N–H and O–H groups in total. The van der Waals surface area contributed by atoms with Gasteiger partial charge in [-0.15, -0.1) is 0 Å². The van der Waals surface area contributed by atoms with Crippen molar-refractivity contribution in [2.45, 2.75) is 13.0 Å². The summed E-state index contributed by atoms with van der Waals surface area (Å²) in [6.45, 7) is 1.61. The average molecular weight is 304 g/mol. The summed E-state index contributed by atoms with van der Waals surface area (Å²) in [7, 11) is 2.03. The predicted octanol–water partition coefficient (Wildman–Crippen LogP) is 3.71. The van der Waals surface area contributed by atoms with E-state index >= 15 is 0 Å². The minimum Gasteiger partial charge on any atom is -0.478 e. The summed E-state index contributed by atoms with van der Waals surface area (Å²) in [5.41, 5.74) is 2.44. The average Bonchev–Trinajstić information content (AvgIpc) is 2.48. The quantitative estimate of drug-likeness (QED) is 0.884. The zero-order chi connectivity index (χ0) is 15.2. The highest BCUT2D eigenvalue weighted by Gasteiger charge is 2.09. The van der Waals surface area contributed by atoms with E-state index in [1.807, 2.05) is 43.4 Å². The summed E-state index contributed by atoms with van der Waals surface area (Å²) in [6.07, 6.45) is 0.715. The van der Waals surface area contributed by atoms with Crippen molar-refractivity contribution in [2.24, 2.45) is 0 Å². The molecule has 0 bridgehead atoms. The van der Waals surface area contributed by atoms with Gasteiger partial charge < -0.3 is 10.0 Å². The van der Waals surface area contributed by atoms with Crippen LogP contribution in [0.5, 0.6) is 0 Å². The van der Waals surface area contributed by atoms with Crippen LogP contribution in [-0.4, -0.2) is 29.6 Å². The predicted molar refractivity (Wildman–Crippen MR) is 84.9 cm³/mol. The van der Waals surface area contributed by atoms with Crippen LogP contribution in [0.25, 0.3) is 0 Å². The van der Waals surface area contributed by atoms with Crippen LogP contribution in [0.2, 0.25) is 5.02 Å². The minimum atomic E-state index is -0.869. The Hall–Kier alpha value is -1.84. The van der Waals surface area contributed by atoms with Gasteiger partial charge in [0.25, 0.3) is 0 Å². The van der Waals surface area contributed by atoms with Crippen molar-refractivity contribution in [3.8, 4) is 0 Å². The van der Waals surface area contributed by atoms with Crippen molar-refractivity contribution in [3.05, 3.63) is 70.2 Å². The Kier molecular flexibility index (Phi) is 5.37. The number of carboxylic acids is 1. The highest BCUT2D eigenvalue weighted by atomic mass is 35.5. The lowest BCUT2D eigenvalue weighted by Crippen LogP contribution is -2.21. The number of benzene rings is 2. The molecule has 2 aromatic carbocycles. The number of rotatable bonds is 6. The smallest absolute Gasteiger partial charge is 0.335 e. The molecule has 0 aromatic heterocycles. The van der Waals surface area contributed by atoms with Crippen LogP contribution >= 0.6 is 11.6 Å². The maximum atomic E-state index is 11.2. The third-order valence-electron chi connectivity index (χ3n) is 3.38. The first-order chi connectivity index (χ1) is 10.1. The Labute approximate surface area is 129 Å². The Morgan fingerprint density at radius 2 is 1.81 bits per heavy atom. The molecule has 0 spiro atoms. The molecule has 0 heterocycles. The highest BCUT2D eigenvalue weighted by molar-refractivity contribution is 6.30. The van der Waals surface area contributed by atoms with Gasteiger partial charge in [-0.3, -0.25) is 0 Å². The van der Waals surface area contributed by atoms with Crippen molar-refractivity contribution in [3.63, 3.8) is 0 Å². The van der Waals surface area contributed by atoms with Gasteiger partial charge >= 0.3 is 5.97 Å². The fourth-order valence-electron chi connectivity index (χ4n) is 2.24. The van der Waals surface area contributed by atoms with Gasteiger partial charge in [0.15, 0.2) is 0 Å². The van der Waals surface area contributed by atoms with E-state index in [1.54, 1.807) is 12.1 Å². The number of halogens is 1. The minimum absolute atomic E-state index is 0.386. The van der Waals surface area contributed by atoms with E-state index in [4.69, 9.17) is 16.7 Å². The van der Waals surface area contributed by atoms with Crippen LogP contribution in [0.4, 0.5) is 0 Å². The molecule has 0 atom stereocenters. The van der Waals surface area contributed by atoms with Gasteiger partial charge in [0.05, 0.1) is 5.56 Å². The fraction of sp³-hybridized carbons (Fsp3) is 0.235. The summed E-state index contributed by atoms with van der Waals surface area (Å²) in [5.74, 6) is -0.869.